The van der Waals surface area contributed by atoms with Crippen LogP contribution >= 0.6 is 11.6 Å². The summed E-state index contributed by atoms with van der Waals surface area (Å²) in [6.45, 7) is 6.87. The molecule has 9 heteroatoms. The summed E-state index contributed by atoms with van der Waals surface area (Å²) in [5, 5.41) is 0.454. The Bertz CT molecular complexity index is 1010. The molecule has 0 fully saturated rings. The standard InChI is InChI=1S/C20H22ClNO6S/c1-5-27-19(23)14-9-15(20(24)28-6-2)11-16(10-14)22-29(25,26)18-8-12(3)17(21)7-13(18)4/h7-11,22H,5-6H2,1-4H3. The number of anilines is 1. The Kier molecular flexibility index (Phi) is 7.26. The third-order valence-electron chi connectivity index (χ3n) is 3.95. The third-order valence-corrected chi connectivity index (χ3v) is 5.88. The van der Waals surface area contributed by atoms with E-state index in [1.165, 1.54) is 24.3 Å². The average Bonchev–Trinajstić information content (AvgIpc) is 2.64. The van der Waals surface area contributed by atoms with E-state index in [0.717, 1.165) is 0 Å². The van der Waals surface area contributed by atoms with Gasteiger partial charge in [0, 0.05) is 5.02 Å². The second-order valence-corrected chi connectivity index (χ2v) is 8.27. The van der Waals surface area contributed by atoms with Crippen LogP contribution in [0.1, 0.15) is 45.7 Å². The Morgan fingerprint density at radius 3 is 1.90 bits per heavy atom. The molecule has 2 rings (SSSR count). The van der Waals surface area contributed by atoms with E-state index in [1.54, 1.807) is 33.8 Å². The number of ether oxygens (including phenoxy) is 2. The maximum atomic E-state index is 12.9. The molecule has 0 saturated heterocycles. The molecule has 0 aliphatic rings. The third kappa shape index (κ3) is 5.48. The van der Waals surface area contributed by atoms with Crippen molar-refractivity contribution in [2.45, 2.75) is 32.6 Å². The first-order valence-corrected chi connectivity index (χ1v) is 10.7. The molecule has 0 saturated carbocycles. The van der Waals surface area contributed by atoms with Crippen LogP contribution in [0.25, 0.3) is 0 Å². The Hall–Kier alpha value is -2.58. The van der Waals surface area contributed by atoms with Gasteiger partial charge in [0.15, 0.2) is 0 Å². The van der Waals surface area contributed by atoms with Gasteiger partial charge in [-0.15, -0.1) is 0 Å². The van der Waals surface area contributed by atoms with Gasteiger partial charge in [0.05, 0.1) is 34.9 Å². The number of halogens is 1. The van der Waals surface area contributed by atoms with Gasteiger partial charge in [-0.3, -0.25) is 4.72 Å². The molecule has 0 aliphatic carbocycles. The van der Waals surface area contributed by atoms with Gasteiger partial charge in [-0.1, -0.05) is 11.6 Å². The average molecular weight is 440 g/mol. The zero-order valence-electron chi connectivity index (χ0n) is 16.5. The van der Waals surface area contributed by atoms with E-state index in [2.05, 4.69) is 4.72 Å². The Labute approximate surface area is 175 Å². The summed E-state index contributed by atoms with van der Waals surface area (Å²) < 4.78 is 38.2. The zero-order valence-corrected chi connectivity index (χ0v) is 18.1. The van der Waals surface area contributed by atoms with Gasteiger partial charge in [-0.2, -0.15) is 0 Å². The van der Waals surface area contributed by atoms with Crippen molar-refractivity contribution in [1.29, 1.82) is 0 Å². The van der Waals surface area contributed by atoms with Crippen LogP contribution in [0.2, 0.25) is 5.02 Å². The predicted octanol–water partition coefficient (Wildman–Crippen LogP) is 4.11. The molecular formula is C20H22ClNO6S. The van der Waals surface area contributed by atoms with Gasteiger partial charge in [0.1, 0.15) is 0 Å². The highest BCUT2D eigenvalue weighted by atomic mass is 35.5. The minimum Gasteiger partial charge on any atom is -0.462 e. The summed E-state index contributed by atoms with van der Waals surface area (Å²) in [4.78, 5) is 24.3. The molecule has 2 aromatic rings. The fourth-order valence-electron chi connectivity index (χ4n) is 2.61. The molecule has 0 unspecified atom stereocenters. The van der Waals surface area contributed by atoms with Crippen LogP contribution in [0.3, 0.4) is 0 Å². The van der Waals surface area contributed by atoms with Crippen molar-refractivity contribution in [3.05, 3.63) is 57.6 Å². The highest BCUT2D eigenvalue weighted by molar-refractivity contribution is 7.92. The monoisotopic (exact) mass is 439 g/mol. The molecular weight excluding hydrogens is 418 g/mol. The maximum absolute atomic E-state index is 12.9. The Balaban J connectivity index is 2.51. The van der Waals surface area contributed by atoms with Crippen molar-refractivity contribution < 1.29 is 27.5 Å². The lowest BCUT2D eigenvalue weighted by atomic mass is 10.1. The Morgan fingerprint density at radius 2 is 1.41 bits per heavy atom. The number of hydrogen-bond acceptors (Lipinski definition) is 6. The number of nitrogens with one attached hydrogen (secondary N) is 1. The van der Waals surface area contributed by atoms with Crippen LogP contribution in [0.15, 0.2) is 35.2 Å². The van der Waals surface area contributed by atoms with E-state index < -0.39 is 22.0 Å². The number of esters is 2. The molecule has 0 aliphatic heterocycles. The fraction of sp³-hybridized carbons (Fsp3) is 0.300. The van der Waals surface area contributed by atoms with Crippen molar-refractivity contribution in [2.75, 3.05) is 17.9 Å². The van der Waals surface area contributed by atoms with E-state index in [-0.39, 0.29) is 34.9 Å². The van der Waals surface area contributed by atoms with Crippen LogP contribution in [-0.4, -0.2) is 33.6 Å². The summed E-state index contributed by atoms with van der Waals surface area (Å²) >= 11 is 6.05. The number of carbonyl (C=O) groups excluding carboxylic acids is 2. The van der Waals surface area contributed by atoms with Gasteiger partial charge in [-0.25, -0.2) is 18.0 Å². The summed E-state index contributed by atoms with van der Waals surface area (Å²) in [7, 11) is -4.01. The minimum atomic E-state index is -4.01. The van der Waals surface area contributed by atoms with Gasteiger partial charge in [0.25, 0.3) is 10.0 Å². The smallest absolute Gasteiger partial charge is 0.338 e. The molecule has 0 aromatic heterocycles. The van der Waals surface area contributed by atoms with Gasteiger partial charge < -0.3 is 9.47 Å². The predicted molar refractivity (Wildman–Crippen MR) is 110 cm³/mol. The molecule has 1 N–H and O–H groups in total. The Morgan fingerprint density at radius 1 is 0.897 bits per heavy atom. The van der Waals surface area contributed by atoms with Crippen LogP contribution in [0.5, 0.6) is 0 Å². The van der Waals surface area contributed by atoms with E-state index >= 15 is 0 Å². The molecule has 156 valence electrons. The summed E-state index contributed by atoms with van der Waals surface area (Å²) in [6.07, 6.45) is 0. The van der Waals surface area contributed by atoms with Crippen LogP contribution < -0.4 is 4.72 Å². The maximum Gasteiger partial charge on any atom is 0.338 e. The number of aryl methyl sites for hydroxylation is 2. The normalized spacial score (nSPS) is 11.1. The summed E-state index contributed by atoms with van der Waals surface area (Å²) in [6, 6.07) is 6.92. The first-order chi connectivity index (χ1) is 13.6. The number of rotatable bonds is 7. The van der Waals surface area contributed by atoms with Gasteiger partial charge in [0.2, 0.25) is 0 Å². The summed E-state index contributed by atoms with van der Waals surface area (Å²) in [5.41, 5.74) is 1.15. The van der Waals surface area contributed by atoms with E-state index in [4.69, 9.17) is 21.1 Å². The fourth-order valence-corrected chi connectivity index (χ4v) is 4.18. The highest BCUT2D eigenvalue weighted by Crippen LogP contribution is 2.26. The molecule has 0 atom stereocenters. The van der Waals surface area contributed by atoms with Gasteiger partial charge in [-0.05, 0) is 69.2 Å². The van der Waals surface area contributed by atoms with E-state index in [0.29, 0.717) is 16.1 Å². The lowest BCUT2D eigenvalue weighted by Crippen LogP contribution is -2.16. The number of carbonyl (C=O) groups is 2. The molecule has 0 heterocycles. The largest absolute Gasteiger partial charge is 0.462 e. The van der Waals surface area contributed by atoms with Crippen LogP contribution in [-0.2, 0) is 19.5 Å². The molecule has 0 radical (unpaired) electrons. The van der Waals surface area contributed by atoms with Crippen LogP contribution in [0.4, 0.5) is 5.69 Å². The number of benzene rings is 2. The number of hydrogen-bond donors (Lipinski definition) is 1. The first-order valence-electron chi connectivity index (χ1n) is 8.88. The van der Waals surface area contributed by atoms with Crippen molar-refractivity contribution in [2.24, 2.45) is 0 Å². The zero-order chi connectivity index (χ0) is 21.8. The van der Waals surface area contributed by atoms with Crippen molar-refractivity contribution in [3.63, 3.8) is 0 Å². The molecule has 7 nitrogen and oxygen atoms in total. The second kappa shape index (κ2) is 9.28. The molecule has 29 heavy (non-hydrogen) atoms. The van der Waals surface area contributed by atoms with E-state index in [9.17, 15) is 18.0 Å². The highest BCUT2D eigenvalue weighted by Gasteiger charge is 2.21. The van der Waals surface area contributed by atoms with Crippen molar-refractivity contribution in [1.82, 2.24) is 0 Å². The van der Waals surface area contributed by atoms with Crippen molar-refractivity contribution in [3.8, 4) is 0 Å². The number of sulfonamides is 1. The lowest BCUT2D eigenvalue weighted by molar-refractivity contribution is 0.0525. The second-order valence-electron chi connectivity index (χ2n) is 6.21. The molecule has 0 amide bonds. The topological polar surface area (TPSA) is 98.8 Å². The molecule has 2 aromatic carbocycles. The molecule has 0 spiro atoms. The van der Waals surface area contributed by atoms with Gasteiger partial charge >= 0.3 is 11.9 Å². The first kappa shape index (κ1) is 22.7. The minimum absolute atomic E-state index is 0.0270. The quantitative estimate of drug-likeness (QED) is 0.652. The molecule has 0 bridgehead atoms. The lowest BCUT2D eigenvalue weighted by Gasteiger charge is -2.14. The van der Waals surface area contributed by atoms with E-state index in [1.807, 2.05) is 0 Å². The van der Waals surface area contributed by atoms with Crippen LogP contribution in [0, 0.1) is 13.8 Å². The summed E-state index contributed by atoms with van der Waals surface area (Å²) in [5.74, 6) is -1.37. The van der Waals surface area contributed by atoms with Crippen molar-refractivity contribution >= 4 is 39.3 Å². The SMILES string of the molecule is CCOC(=O)c1cc(NS(=O)(=O)c2cc(C)c(Cl)cc2C)cc(C(=O)OCC)c1.